The van der Waals surface area contributed by atoms with Crippen LogP contribution >= 0.6 is 0 Å². The minimum absolute atomic E-state index is 1.11. The smallest absolute Gasteiger partial charge is 0.0562 e. The largest absolute Gasteiger partial charge is 0.310 e. The van der Waals surface area contributed by atoms with Crippen molar-refractivity contribution in [3.8, 4) is 27.9 Å². The maximum Gasteiger partial charge on any atom is 0.0562 e. The SMILES string of the molecule is c1ccc(-c2ccc(-c3cccc4c3c3ccc(N(c5ccccc5)c5ccc6ccccc6c5)cc3n4-c3ccccc3)cc2)cc1. The van der Waals surface area contributed by atoms with E-state index in [0.29, 0.717) is 0 Å². The summed E-state index contributed by atoms with van der Waals surface area (Å²) in [5, 5.41) is 4.94. The second-order valence-corrected chi connectivity index (χ2v) is 12.2. The van der Waals surface area contributed by atoms with Gasteiger partial charge >= 0.3 is 0 Å². The Bertz CT molecular complexity index is 2530. The van der Waals surface area contributed by atoms with Gasteiger partial charge in [0.15, 0.2) is 0 Å². The molecule has 226 valence electrons. The zero-order valence-corrected chi connectivity index (χ0v) is 26.4. The Morgan fingerprint density at radius 1 is 0.354 bits per heavy atom. The lowest BCUT2D eigenvalue weighted by atomic mass is 9.97. The molecular weight excluding hydrogens is 581 g/mol. The fourth-order valence-electron chi connectivity index (χ4n) is 7.10. The van der Waals surface area contributed by atoms with Gasteiger partial charge in [-0.1, -0.05) is 140 Å². The molecule has 48 heavy (non-hydrogen) atoms. The summed E-state index contributed by atoms with van der Waals surface area (Å²) in [6.07, 6.45) is 0. The molecule has 9 rings (SSSR count). The highest BCUT2D eigenvalue weighted by molar-refractivity contribution is 6.16. The molecule has 9 aromatic rings. The van der Waals surface area contributed by atoms with Gasteiger partial charge in [-0.3, -0.25) is 0 Å². The van der Waals surface area contributed by atoms with Gasteiger partial charge in [0.25, 0.3) is 0 Å². The van der Waals surface area contributed by atoms with Crippen molar-refractivity contribution >= 4 is 49.6 Å². The minimum atomic E-state index is 1.11. The van der Waals surface area contributed by atoms with Crippen LogP contribution < -0.4 is 4.90 Å². The van der Waals surface area contributed by atoms with Gasteiger partial charge in [0.1, 0.15) is 0 Å². The predicted molar refractivity (Wildman–Crippen MR) is 204 cm³/mol. The Morgan fingerprint density at radius 3 is 1.73 bits per heavy atom. The molecule has 8 aromatic carbocycles. The van der Waals surface area contributed by atoms with E-state index >= 15 is 0 Å². The van der Waals surface area contributed by atoms with Crippen LogP contribution in [0.15, 0.2) is 194 Å². The van der Waals surface area contributed by atoms with E-state index in [1.807, 2.05) is 0 Å². The Balaban J connectivity index is 1.27. The maximum atomic E-state index is 2.42. The second kappa shape index (κ2) is 11.8. The average Bonchev–Trinajstić information content (AvgIpc) is 3.50. The molecule has 0 radical (unpaired) electrons. The van der Waals surface area contributed by atoms with E-state index in [1.165, 1.54) is 54.8 Å². The van der Waals surface area contributed by atoms with E-state index in [0.717, 1.165) is 22.7 Å². The van der Waals surface area contributed by atoms with Crippen LogP contribution in [0.4, 0.5) is 17.1 Å². The van der Waals surface area contributed by atoms with Crippen LogP contribution in [0.5, 0.6) is 0 Å². The molecule has 0 spiro atoms. The van der Waals surface area contributed by atoms with E-state index in [4.69, 9.17) is 0 Å². The van der Waals surface area contributed by atoms with Crippen LogP contribution in [0.25, 0.3) is 60.5 Å². The molecule has 2 nitrogen and oxygen atoms in total. The third-order valence-corrected chi connectivity index (χ3v) is 9.36. The third kappa shape index (κ3) is 4.83. The van der Waals surface area contributed by atoms with Crippen molar-refractivity contribution < 1.29 is 0 Å². The van der Waals surface area contributed by atoms with Crippen LogP contribution in [0, 0.1) is 0 Å². The quantitative estimate of drug-likeness (QED) is 0.181. The minimum Gasteiger partial charge on any atom is -0.310 e. The summed E-state index contributed by atoms with van der Waals surface area (Å²) in [7, 11) is 0. The van der Waals surface area contributed by atoms with E-state index in [9.17, 15) is 0 Å². The fraction of sp³-hybridized carbons (Fsp3) is 0. The summed E-state index contributed by atoms with van der Waals surface area (Å²) in [5.41, 5.74) is 11.7. The molecule has 0 N–H and O–H groups in total. The van der Waals surface area contributed by atoms with Gasteiger partial charge in [0.05, 0.1) is 11.0 Å². The number of aromatic nitrogens is 1. The molecule has 1 aromatic heterocycles. The molecule has 0 saturated carbocycles. The van der Waals surface area contributed by atoms with Crippen LogP contribution in [-0.2, 0) is 0 Å². The van der Waals surface area contributed by atoms with Crippen LogP contribution in [0.1, 0.15) is 0 Å². The number of hydrogen-bond donors (Lipinski definition) is 0. The zero-order chi connectivity index (χ0) is 31.9. The average molecular weight is 613 g/mol. The summed E-state index contributed by atoms with van der Waals surface area (Å²) >= 11 is 0. The zero-order valence-electron chi connectivity index (χ0n) is 26.4. The summed E-state index contributed by atoms with van der Waals surface area (Å²) < 4.78 is 2.42. The monoisotopic (exact) mass is 612 g/mol. The summed E-state index contributed by atoms with van der Waals surface area (Å²) in [6, 6.07) is 69.9. The highest BCUT2D eigenvalue weighted by atomic mass is 15.1. The second-order valence-electron chi connectivity index (χ2n) is 12.2. The molecule has 0 unspecified atom stereocenters. The van der Waals surface area contributed by atoms with Crippen molar-refractivity contribution in [3.63, 3.8) is 0 Å². The highest BCUT2D eigenvalue weighted by Gasteiger charge is 2.19. The van der Waals surface area contributed by atoms with Crippen LogP contribution in [0.3, 0.4) is 0 Å². The molecule has 0 bridgehead atoms. The first-order valence-electron chi connectivity index (χ1n) is 16.4. The maximum absolute atomic E-state index is 2.42. The molecule has 0 aliphatic rings. The topological polar surface area (TPSA) is 8.17 Å². The summed E-state index contributed by atoms with van der Waals surface area (Å²) in [5.74, 6) is 0. The number of anilines is 3. The molecule has 2 heteroatoms. The summed E-state index contributed by atoms with van der Waals surface area (Å²) in [6.45, 7) is 0. The number of rotatable bonds is 6. The van der Waals surface area contributed by atoms with Crippen LogP contribution in [0.2, 0.25) is 0 Å². The molecule has 0 aliphatic carbocycles. The molecule has 0 amide bonds. The summed E-state index contributed by atoms with van der Waals surface area (Å²) in [4.78, 5) is 2.36. The van der Waals surface area contributed by atoms with Gasteiger partial charge in [-0.15, -0.1) is 0 Å². The number of para-hydroxylation sites is 2. The standard InChI is InChI=1S/C46H32N2/c1-4-13-33(14-5-1)35-23-25-36(26-24-35)42-21-12-22-44-46(42)43-30-29-41(32-45(43)48(44)39-19-8-3-9-20-39)47(38-17-6-2-7-18-38)40-28-27-34-15-10-11-16-37(34)31-40/h1-32H. The van der Waals surface area contributed by atoms with Crippen molar-refractivity contribution in [3.05, 3.63) is 194 Å². The molecule has 0 fully saturated rings. The third-order valence-electron chi connectivity index (χ3n) is 9.36. The lowest BCUT2D eigenvalue weighted by Crippen LogP contribution is -2.10. The number of benzene rings is 8. The Morgan fingerprint density at radius 2 is 0.958 bits per heavy atom. The van der Waals surface area contributed by atoms with E-state index in [-0.39, 0.29) is 0 Å². The van der Waals surface area contributed by atoms with E-state index in [1.54, 1.807) is 0 Å². The van der Waals surface area contributed by atoms with Crippen LogP contribution in [-0.4, -0.2) is 4.57 Å². The lowest BCUT2D eigenvalue weighted by Gasteiger charge is -2.26. The van der Waals surface area contributed by atoms with Crippen molar-refractivity contribution in [1.82, 2.24) is 4.57 Å². The van der Waals surface area contributed by atoms with Crippen molar-refractivity contribution in [2.75, 3.05) is 4.90 Å². The number of hydrogen-bond acceptors (Lipinski definition) is 1. The number of nitrogens with zero attached hydrogens (tertiary/aromatic N) is 2. The van der Waals surface area contributed by atoms with E-state index < -0.39 is 0 Å². The molecule has 0 aliphatic heterocycles. The Hall–Kier alpha value is -6.38. The first-order valence-corrected chi connectivity index (χ1v) is 16.4. The highest BCUT2D eigenvalue weighted by Crippen LogP contribution is 2.43. The lowest BCUT2D eigenvalue weighted by molar-refractivity contribution is 1.18. The van der Waals surface area contributed by atoms with Crippen molar-refractivity contribution in [2.45, 2.75) is 0 Å². The number of fused-ring (bicyclic) bond motifs is 4. The first-order chi connectivity index (χ1) is 23.8. The molecule has 0 atom stereocenters. The van der Waals surface area contributed by atoms with E-state index in [2.05, 4.69) is 204 Å². The van der Waals surface area contributed by atoms with Gasteiger partial charge in [0.2, 0.25) is 0 Å². The van der Waals surface area contributed by atoms with Gasteiger partial charge in [-0.25, -0.2) is 0 Å². The van der Waals surface area contributed by atoms with Gasteiger partial charge in [-0.2, -0.15) is 0 Å². The Labute approximate surface area is 280 Å². The first kappa shape index (κ1) is 27.9. The fourth-order valence-corrected chi connectivity index (χ4v) is 7.10. The normalized spacial score (nSPS) is 11.3. The molecular formula is C46H32N2. The Kier molecular flexibility index (Phi) is 6.84. The predicted octanol–water partition coefficient (Wildman–Crippen LogP) is 12.7. The van der Waals surface area contributed by atoms with Gasteiger partial charge < -0.3 is 9.47 Å². The van der Waals surface area contributed by atoms with Crippen molar-refractivity contribution in [1.29, 1.82) is 0 Å². The molecule has 0 saturated heterocycles. The van der Waals surface area contributed by atoms with Crippen molar-refractivity contribution in [2.24, 2.45) is 0 Å². The van der Waals surface area contributed by atoms with Gasteiger partial charge in [-0.05, 0) is 87.6 Å². The molecule has 1 heterocycles. The van der Waals surface area contributed by atoms with Gasteiger partial charge in [0, 0.05) is 33.5 Å².